The summed E-state index contributed by atoms with van der Waals surface area (Å²) in [6.07, 6.45) is 5.38. The fourth-order valence-corrected chi connectivity index (χ4v) is 4.30. The minimum absolute atomic E-state index is 0.000663. The van der Waals surface area contributed by atoms with Gasteiger partial charge in [0.2, 0.25) is 0 Å². The molecule has 1 N–H and O–H groups in total. The summed E-state index contributed by atoms with van der Waals surface area (Å²) in [5.74, 6) is 1.27. The Labute approximate surface area is 173 Å². The molecule has 4 aromatic rings. The number of carbonyl (C=O) groups excluding carboxylic acids is 1. The molecule has 0 spiro atoms. The summed E-state index contributed by atoms with van der Waals surface area (Å²) in [5.41, 5.74) is 3.21. The van der Waals surface area contributed by atoms with Crippen molar-refractivity contribution in [3.05, 3.63) is 48.5 Å². The van der Waals surface area contributed by atoms with Crippen molar-refractivity contribution in [1.29, 1.82) is 0 Å². The maximum atomic E-state index is 13.1. The first-order chi connectivity index (χ1) is 14.7. The number of imidazole rings is 1. The Morgan fingerprint density at radius 2 is 1.97 bits per heavy atom. The number of rotatable bonds is 4. The van der Waals surface area contributed by atoms with Crippen LogP contribution in [-0.2, 0) is 0 Å². The lowest BCUT2D eigenvalue weighted by molar-refractivity contribution is 0.0691. The van der Waals surface area contributed by atoms with E-state index in [4.69, 9.17) is 9.47 Å². The van der Waals surface area contributed by atoms with Gasteiger partial charge in [0.1, 0.15) is 11.2 Å². The van der Waals surface area contributed by atoms with Crippen LogP contribution in [0.3, 0.4) is 0 Å². The fourth-order valence-electron chi connectivity index (χ4n) is 4.30. The van der Waals surface area contributed by atoms with Gasteiger partial charge in [-0.3, -0.25) is 4.79 Å². The molecule has 8 nitrogen and oxygen atoms in total. The van der Waals surface area contributed by atoms with Gasteiger partial charge in [0.15, 0.2) is 17.1 Å². The third-order valence-electron chi connectivity index (χ3n) is 5.85. The first-order valence-electron chi connectivity index (χ1n) is 10.00. The average Bonchev–Trinajstić information content (AvgIpc) is 3.42. The number of hydrogen-bond acceptors (Lipinski definition) is 5. The number of ether oxygens (including phenoxy) is 2. The van der Waals surface area contributed by atoms with Crippen LogP contribution in [0.25, 0.3) is 22.1 Å². The first-order valence-corrected chi connectivity index (χ1v) is 10.00. The van der Waals surface area contributed by atoms with Gasteiger partial charge in [-0.2, -0.15) is 0 Å². The lowest BCUT2D eigenvalue weighted by atomic mass is 10.0. The SMILES string of the molecule is COc1ccc2[nH]c(C(=O)N3CCC(n4cnc5cccnc54)CC3)cc2c1OC. The molecule has 0 aliphatic carbocycles. The molecule has 0 unspecified atom stereocenters. The second-order valence-corrected chi connectivity index (χ2v) is 7.47. The van der Waals surface area contributed by atoms with Crippen molar-refractivity contribution in [3.8, 4) is 11.5 Å². The molecular weight excluding hydrogens is 382 g/mol. The number of H-pyrrole nitrogens is 1. The number of nitrogens with zero attached hydrogens (tertiary/aromatic N) is 4. The Hall–Kier alpha value is -3.55. The molecule has 4 heterocycles. The quantitative estimate of drug-likeness (QED) is 0.562. The van der Waals surface area contributed by atoms with Crippen molar-refractivity contribution in [2.24, 2.45) is 0 Å². The molecule has 0 radical (unpaired) electrons. The van der Waals surface area contributed by atoms with Gasteiger partial charge in [-0.25, -0.2) is 9.97 Å². The van der Waals surface area contributed by atoms with E-state index in [1.54, 1.807) is 20.4 Å². The zero-order valence-corrected chi connectivity index (χ0v) is 17.0. The van der Waals surface area contributed by atoms with Crippen molar-refractivity contribution >= 4 is 28.0 Å². The molecule has 154 valence electrons. The third kappa shape index (κ3) is 2.96. The summed E-state index contributed by atoms with van der Waals surface area (Å²) in [4.78, 5) is 27.2. The first kappa shape index (κ1) is 18.5. The van der Waals surface area contributed by atoms with E-state index in [0.717, 1.165) is 34.9 Å². The van der Waals surface area contributed by atoms with Gasteiger partial charge in [-0.1, -0.05) is 0 Å². The summed E-state index contributed by atoms with van der Waals surface area (Å²) in [7, 11) is 3.21. The van der Waals surface area contributed by atoms with E-state index < -0.39 is 0 Å². The van der Waals surface area contributed by atoms with E-state index >= 15 is 0 Å². The van der Waals surface area contributed by atoms with Crippen LogP contribution in [0.1, 0.15) is 29.4 Å². The topological polar surface area (TPSA) is 85.3 Å². The maximum Gasteiger partial charge on any atom is 0.270 e. The minimum atomic E-state index is -0.000663. The summed E-state index contributed by atoms with van der Waals surface area (Å²) >= 11 is 0. The zero-order chi connectivity index (χ0) is 20.7. The minimum Gasteiger partial charge on any atom is -0.493 e. The van der Waals surface area contributed by atoms with Gasteiger partial charge in [0.25, 0.3) is 5.91 Å². The van der Waals surface area contributed by atoms with Crippen molar-refractivity contribution in [2.45, 2.75) is 18.9 Å². The van der Waals surface area contributed by atoms with Gasteiger partial charge in [0, 0.05) is 30.7 Å². The van der Waals surface area contributed by atoms with E-state index in [-0.39, 0.29) is 5.91 Å². The standard InChI is InChI=1S/C22H23N5O3/c1-29-19-6-5-16-15(20(19)30-2)12-18(25-16)22(28)26-10-7-14(8-11-26)27-13-24-17-4-3-9-23-21(17)27/h3-6,9,12-14,25H,7-8,10-11H2,1-2H3. The predicted octanol–water partition coefficient (Wildman–Crippen LogP) is 3.41. The van der Waals surface area contributed by atoms with Crippen LogP contribution < -0.4 is 9.47 Å². The van der Waals surface area contributed by atoms with Gasteiger partial charge >= 0.3 is 0 Å². The number of carbonyl (C=O) groups is 1. The number of methoxy groups -OCH3 is 2. The molecule has 1 aromatic carbocycles. The van der Waals surface area contributed by atoms with Crippen molar-refractivity contribution in [1.82, 2.24) is 24.4 Å². The highest BCUT2D eigenvalue weighted by atomic mass is 16.5. The molecule has 0 bridgehead atoms. The number of nitrogens with one attached hydrogen (secondary N) is 1. The summed E-state index contributed by atoms with van der Waals surface area (Å²) < 4.78 is 13.0. The summed E-state index contributed by atoms with van der Waals surface area (Å²) in [6.45, 7) is 1.37. The van der Waals surface area contributed by atoms with Gasteiger partial charge in [-0.15, -0.1) is 0 Å². The highest BCUT2D eigenvalue weighted by molar-refractivity contribution is 6.00. The molecule has 1 aliphatic rings. The Balaban J connectivity index is 1.34. The molecule has 1 amide bonds. The van der Waals surface area contributed by atoms with Crippen LogP contribution in [0.15, 0.2) is 42.9 Å². The number of piperidine rings is 1. The average molecular weight is 405 g/mol. The van der Waals surface area contributed by atoms with Crippen molar-refractivity contribution in [3.63, 3.8) is 0 Å². The molecule has 0 atom stereocenters. The highest BCUT2D eigenvalue weighted by Crippen LogP contribution is 2.36. The Morgan fingerprint density at radius 3 is 2.73 bits per heavy atom. The second kappa shape index (κ2) is 7.37. The number of benzene rings is 1. The van der Waals surface area contributed by atoms with Crippen LogP contribution in [-0.4, -0.2) is 57.6 Å². The molecule has 0 saturated carbocycles. The number of aromatic amines is 1. The maximum absolute atomic E-state index is 13.1. The highest BCUT2D eigenvalue weighted by Gasteiger charge is 2.27. The number of likely N-dealkylation sites (tertiary alicyclic amines) is 1. The third-order valence-corrected chi connectivity index (χ3v) is 5.85. The number of amides is 1. The molecule has 30 heavy (non-hydrogen) atoms. The Bertz CT molecular complexity index is 1220. The molecule has 1 saturated heterocycles. The zero-order valence-electron chi connectivity index (χ0n) is 17.0. The number of hydrogen-bond donors (Lipinski definition) is 1. The fraction of sp³-hybridized carbons (Fsp3) is 0.318. The van der Waals surface area contributed by atoms with E-state index in [0.29, 0.717) is 36.3 Å². The molecule has 5 rings (SSSR count). The van der Waals surface area contributed by atoms with Crippen LogP contribution >= 0.6 is 0 Å². The number of fused-ring (bicyclic) bond motifs is 2. The van der Waals surface area contributed by atoms with Gasteiger partial charge < -0.3 is 23.9 Å². The van der Waals surface area contributed by atoms with Crippen LogP contribution in [0.2, 0.25) is 0 Å². The normalized spacial score (nSPS) is 15.1. The monoisotopic (exact) mass is 405 g/mol. The van der Waals surface area contributed by atoms with Crippen LogP contribution in [0, 0.1) is 0 Å². The molecule has 1 fully saturated rings. The summed E-state index contributed by atoms with van der Waals surface area (Å²) in [6, 6.07) is 9.74. The van der Waals surface area contributed by atoms with Crippen molar-refractivity contribution < 1.29 is 14.3 Å². The number of pyridine rings is 1. The molecular formula is C22H23N5O3. The molecule has 8 heteroatoms. The Kier molecular flexibility index (Phi) is 4.54. The van der Waals surface area contributed by atoms with Crippen LogP contribution in [0.5, 0.6) is 11.5 Å². The van der Waals surface area contributed by atoms with Gasteiger partial charge in [-0.05, 0) is 43.2 Å². The van der Waals surface area contributed by atoms with E-state index in [1.807, 2.05) is 41.6 Å². The largest absolute Gasteiger partial charge is 0.493 e. The lowest BCUT2D eigenvalue weighted by Gasteiger charge is -2.32. The second-order valence-electron chi connectivity index (χ2n) is 7.47. The summed E-state index contributed by atoms with van der Waals surface area (Å²) in [5, 5.41) is 0.839. The Morgan fingerprint density at radius 1 is 1.13 bits per heavy atom. The number of aromatic nitrogens is 4. The van der Waals surface area contributed by atoms with E-state index in [9.17, 15) is 4.79 Å². The van der Waals surface area contributed by atoms with E-state index in [2.05, 4.69) is 19.5 Å². The smallest absolute Gasteiger partial charge is 0.270 e. The van der Waals surface area contributed by atoms with Gasteiger partial charge in [0.05, 0.1) is 26.1 Å². The lowest BCUT2D eigenvalue weighted by Crippen LogP contribution is -2.39. The van der Waals surface area contributed by atoms with Crippen LogP contribution in [0.4, 0.5) is 0 Å². The molecule has 3 aromatic heterocycles. The molecule has 1 aliphatic heterocycles. The predicted molar refractivity (Wildman–Crippen MR) is 113 cm³/mol. The van der Waals surface area contributed by atoms with Crippen molar-refractivity contribution in [2.75, 3.05) is 27.3 Å². The van der Waals surface area contributed by atoms with E-state index in [1.165, 1.54) is 0 Å².